The van der Waals surface area contributed by atoms with Crippen molar-refractivity contribution in [3.8, 4) is 0 Å². The molecule has 3 nitrogen and oxygen atoms in total. The molecular formula is C15H21NO2. The Morgan fingerprint density at radius 3 is 2.28 bits per heavy atom. The lowest BCUT2D eigenvalue weighted by atomic mass is 10.1. The number of benzene rings is 1. The first-order valence-electron chi connectivity index (χ1n) is 6.41. The summed E-state index contributed by atoms with van der Waals surface area (Å²) in [6.07, 6.45) is 1.58. The van der Waals surface area contributed by atoms with Crippen molar-refractivity contribution in [3.63, 3.8) is 0 Å². The number of rotatable bonds is 6. The van der Waals surface area contributed by atoms with Crippen molar-refractivity contribution in [3.05, 3.63) is 42.0 Å². The van der Waals surface area contributed by atoms with E-state index in [1.54, 1.807) is 6.08 Å². The molecule has 1 aromatic rings. The molecule has 0 unspecified atom stereocenters. The van der Waals surface area contributed by atoms with E-state index in [2.05, 4.69) is 18.7 Å². The van der Waals surface area contributed by atoms with Crippen LogP contribution in [0.15, 0.2) is 36.4 Å². The maximum Gasteiger partial charge on any atom is 0.332 e. The van der Waals surface area contributed by atoms with Crippen molar-refractivity contribution in [2.45, 2.75) is 20.8 Å². The second kappa shape index (κ2) is 7.54. The molecule has 0 amide bonds. The van der Waals surface area contributed by atoms with Crippen LogP contribution in [0.3, 0.4) is 0 Å². The van der Waals surface area contributed by atoms with E-state index in [0.29, 0.717) is 6.61 Å². The number of ether oxygens (including phenoxy) is 1. The van der Waals surface area contributed by atoms with Crippen LogP contribution in [0, 0.1) is 0 Å². The SMILES string of the molecule is CCOC(=O)C=C(c1ccccc1)N(CC)CC. The Bertz CT molecular complexity index is 394. The fourth-order valence-corrected chi connectivity index (χ4v) is 1.83. The highest BCUT2D eigenvalue weighted by molar-refractivity contribution is 5.90. The fourth-order valence-electron chi connectivity index (χ4n) is 1.83. The van der Waals surface area contributed by atoms with Gasteiger partial charge in [-0.15, -0.1) is 0 Å². The normalized spacial score (nSPS) is 11.2. The summed E-state index contributed by atoms with van der Waals surface area (Å²) in [5, 5.41) is 0. The average molecular weight is 247 g/mol. The van der Waals surface area contributed by atoms with Crippen LogP contribution in [0.1, 0.15) is 26.3 Å². The monoisotopic (exact) mass is 247 g/mol. The zero-order chi connectivity index (χ0) is 13.4. The Labute approximate surface area is 109 Å². The van der Waals surface area contributed by atoms with E-state index in [1.807, 2.05) is 37.3 Å². The third kappa shape index (κ3) is 3.91. The smallest absolute Gasteiger partial charge is 0.332 e. The molecular weight excluding hydrogens is 226 g/mol. The van der Waals surface area contributed by atoms with E-state index in [9.17, 15) is 4.79 Å². The Morgan fingerprint density at radius 1 is 1.17 bits per heavy atom. The third-order valence-electron chi connectivity index (χ3n) is 2.71. The van der Waals surface area contributed by atoms with Gasteiger partial charge in [-0.2, -0.15) is 0 Å². The zero-order valence-electron chi connectivity index (χ0n) is 11.3. The van der Waals surface area contributed by atoms with Gasteiger partial charge in [-0.3, -0.25) is 0 Å². The van der Waals surface area contributed by atoms with Crippen LogP contribution in [0.25, 0.3) is 5.70 Å². The molecule has 0 saturated heterocycles. The lowest BCUT2D eigenvalue weighted by Gasteiger charge is -2.24. The van der Waals surface area contributed by atoms with Crippen molar-refractivity contribution in [1.29, 1.82) is 0 Å². The highest BCUT2D eigenvalue weighted by Gasteiger charge is 2.10. The zero-order valence-corrected chi connectivity index (χ0v) is 11.3. The molecule has 0 heterocycles. The van der Waals surface area contributed by atoms with Crippen LogP contribution in [0.2, 0.25) is 0 Å². The van der Waals surface area contributed by atoms with Gasteiger partial charge in [0.15, 0.2) is 0 Å². The van der Waals surface area contributed by atoms with E-state index in [1.165, 1.54) is 0 Å². The quantitative estimate of drug-likeness (QED) is 0.572. The van der Waals surface area contributed by atoms with Gasteiger partial charge in [-0.1, -0.05) is 30.3 Å². The summed E-state index contributed by atoms with van der Waals surface area (Å²) in [7, 11) is 0. The predicted octanol–water partition coefficient (Wildman–Crippen LogP) is 2.93. The average Bonchev–Trinajstić information content (AvgIpc) is 2.40. The second-order valence-corrected chi connectivity index (χ2v) is 3.82. The molecule has 0 spiro atoms. The van der Waals surface area contributed by atoms with Crippen molar-refractivity contribution in [1.82, 2.24) is 4.90 Å². The summed E-state index contributed by atoms with van der Waals surface area (Å²) >= 11 is 0. The summed E-state index contributed by atoms with van der Waals surface area (Å²) in [4.78, 5) is 13.8. The molecule has 0 aliphatic carbocycles. The van der Waals surface area contributed by atoms with Crippen molar-refractivity contribution in [2.24, 2.45) is 0 Å². The van der Waals surface area contributed by atoms with Crippen LogP contribution in [0.5, 0.6) is 0 Å². The molecule has 3 heteroatoms. The Kier molecular flexibility index (Phi) is 5.98. The van der Waals surface area contributed by atoms with Gasteiger partial charge in [-0.25, -0.2) is 4.79 Å². The van der Waals surface area contributed by atoms with Crippen LogP contribution in [-0.4, -0.2) is 30.6 Å². The minimum atomic E-state index is -0.289. The minimum Gasteiger partial charge on any atom is -0.463 e. The van der Waals surface area contributed by atoms with Crippen LogP contribution < -0.4 is 0 Å². The number of hydrogen-bond acceptors (Lipinski definition) is 3. The minimum absolute atomic E-state index is 0.289. The molecule has 0 radical (unpaired) electrons. The van der Waals surface area contributed by atoms with Gasteiger partial charge in [0.05, 0.1) is 12.3 Å². The summed E-state index contributed by atoms with van der Waals surface area (Å²) in [6.45, 7) is 8.07. The lowest BCUT2D eigenvalue weighted by molar-refractivity contribution is -0.137. The largest absolute Gasteiger partial charge is 0.463 e. The van der Waals surface area contributed by atoms with Gasteiger partial charge < -0.3 is 9.64 Å². The first-order chi connectivity index (χ1) is 8.72. The Balaban J connectivity index is 3.06. The van der Waals surface area contributed by atoms with E-state index < -0.39 is 0 Å². The standard InChI is InChI=1S/C15H21NO2/c1-4-16(5-2)14(12-15(17)18-6-3)13-10-8-7-9-11-13/h7-12H,4-6H2,1-3H3. The Hall–Kier alpha value is -1.77. The molecule has 1 aromatic carbocycles. The number of carbonyl (C=O) groups is 1. The maximum atomic E-state index is 11.6. The van der Waals surface area contributed by atoms with E-state index >= 15 is 0 Å². The van der Waals surface area contributed by atoms with Gasteiger partial charge in [0.2, 0.25) is 0 Å². The van der Waals surface area contributed by atoms with Gasteiger partial charge in [0.25, 0.3) is 0 Å². The van der Waals surface area contributed by atoms with Gasteiger partial charge in [-0.05, 0) is 26.3 Å². The number of esters is 1. The van der Waals surface area contributed by atoms with Crippen molar-refractivity contribution >= 4 is 11.7 Å². The molecule has 0 N–H and O–H groups in total. The summed E-state index contributed by atoms with van der Waals surface area (Å²) in [6, 6.07) is 9.91. The first kappa shape index (κ1) is 14.3. The van der Waals surface area contributed by atoms with Crippen LogP contribution in [-0.2, 0) is 9.53 Å². The fraction of sp³-hybridized carbons (Fsp3) is 0.400. The first-order valence-corrected chi connectivity index (χ1v) is 6.41. The summed E-state index contributed by atoms with van der Waals surface area (Å²) < 4.78 is 4.99. The molecule has 98 valence electrons. The molecule has 0 atom stereocenters. The molecule has 0 bridgehead atoms. The predicted molar refractivity (Wildman–Crippen MR) is 74.0 cm³/mol. The van der Waals surface area contributed by atoms with Crippen LogP contribution >= 0.6 is 0 Å². The molecule has 0 aliphatic heterocycles. The van der Waals surface area contributed by atoms with Crippen molar-refractivity contribution in [2.75, 3.05) is 19.7 Å². The molecule has 18 heavy (non-hydrogen) atoms. The molecule has 0 fully saturated rings. The molecule has 1 rings (SSSR count). The molecule has 0 aromatic heterocycles. The summed E-state index contributed by atoms with van der Waals surface area (Å²) in [5.41, 5.74) is 1.95. The lowest BCUT2D eigenvalue weighted by Crippen LogP contribution is -2.22. The van der Waals surface area contributed by atoms with Crippen molar-refractivity contribution < 1.29 is 9.53 Å². The van der Waals surface area contributed by atoms with E-state index in [-0.39, 0.29) is 5.97 Å². The Morgan fingerprint density at radius 2 is 1.78 bits per heavy atom. The number of nitrogens with zero attached hydrogens (tertiary/aromatic N) is 1. The topological polar surface area (TPSA) is 29.5 Å². The van der Waals surface area contributed by atoms with Crippen LogP contribution in [0.4, 0.5) is 0 Å². The number of hydrogen-bond donors (Lipinski definition) is 0. The third-order valence-corrected chi connectivity index (χ3v) is 2.71. The highest BCUT2D eigenvalue weighted by atomic mass is 16.5. The number of carbonyl (C=O) groups excluding carboxylic acids is 1. The van der Waals surface area contributed by atoms with Gasteiger partial charge in [0.1, 0.15) is 0 Å². The molecule has 0 saturated carbocycles. The van der Waals surface area contributed by atoms with E-state index in [0.717, 1.165) is 24.4 Å². The molecule has 0 aliphatic rings. The van der Waals surface area contributed by atoms with E-state index in [4.69, 9.17) is 4.74 Å². The second-order valence-electron chi connectivity index (χ2n) is 3.82. The summed E-state index contributed by atoms with van der Waals surface area (Å²) in [5.74, 6) is -0.289. The highest BCUT2D eigenvalue weighted by Crippen LogP contribution is 2.18. The van der Waals surface area contributed by atoms with Gasteiger partial charge >= 0.3 is 5.97 Å². The maximum absolute atomic E-state index is 11.6. The van der Waals surface area contributed by atoms with Gasteiger partial charge in [0, 0.05) is 19.2 Å².